The third kappa shape index (κ3) is 13.6. The molecule has 6 nitrogen and oxygen atoms in total. The van der Waals surface area contributed by atoms with Crippen molar-refractivity contribution in [3.63, 3.8) is 0 Å². The zero-order chi connectivity index (χ0) is 17.0. The fraction of sp³-hybridized carbons (Fsp3) is 0.867. The molecule has 6 heteroatoms. The van der Waals surface area contributed by atoms with Gasteiger partial charge in [0, 0.05) is 12.1 Å². The predicted molar refractivity (Wildman–Crippen MR) is 82.2 cm³/mol. The molecular formula is C15H31NO5. The molecule has 21 heavy (non-hydrogen) atoms. The summed E-state index contributed by atoms with van der Waals surface area (Å²) >= 11 is 0. The molecule has 0 aromatic rings. The Morgan fingerprint density at radius 2 is 1.52 bits per heavy atom. The van der Waals surface area contributed by atoms with Crippen molar-refractivity contribution in [3.8, 4) is 0 Å². The molecule has 0 bridgehead atoms. The third-order valence-corrected chi connectivity index (χ3v) is 2.81. The molecule has 0 aliphatic rings. The summed E-state index contributed by atoms with van der Waals surface area (Å²) in [7, 11) is 0. The zero-order valence-corrected chi connectivity index (χ0v) is 14.1. The van der Waals surface area contributed by atoms with Gasteiger partial charge < -0.3 is 14.9 Å². The third-order valence-electron chi connectivity index (χ3n) is 2.81. The highest BCUT2D eigenvalue weighted by Gasteiger charge is 2.14. The molecule has 0 radical (unpaired) electrons. The fourth-order valence-electron chi connectivity index (χ4n) is 2.01. The molecule has 0 aromatic carbocycles. The van der Waals surface area contributed by atoms with Crippen molar-refractivity contribution in [2.75, 3.05) is 13.2 Å². The molecule has 1 atom stereocenters. The number of esters is 1. The van der Waals surface area contributed by atoms with Gasteiger partial charge in [0.15, 0.2) is 0 Å². The molecule has 0 aliphatic carbocycles. The van der Waals surface area contributed by atoms with Crippen LogP contribution in [0, 0.1) is 0 Å². The number of aliphatic carboxylic acids is 1. The van der Waals surface area contributed by atoms with E-state index in [0.29, 0.717) is 12.1 Å². The number of nitrogens with zero attached hydrogens (tertiary/aromatic N) is 1. The molecule has 0 aliphatic heterocycles. The summed E-state index contributed by atoms with van der Waals surface area (Å²) < 4.78 is 4.50. The fourth-order valence-corrected chi connectivity index (χ4v) is 2.01. The summed E-state index contributed by atoms with van der Waals surface area (Å²) in [6, 6.07) is 1.38. The van der Waals surface area contributed by atoms with Crippen molar-refractivity contribution in [2.45, 2.75) is 72.6 Å². The maximum absolute atomic E-state index is 10.7. The van der Waals surface area contributed by atoms with Crippen LogP contribution in [-0.4, -0.2) is 58.4 Å². The minimum absolute atomic E-state index is 0.235. The second-order valence-corrected chi connectivity index (χ2v) is 5.28. The van der Waals surface area contributed by atoms with Crippen LogP contribution in [0.25, 0.3) is 0 Å². The largest absolute Gasteiger partial charge is 0.481 e. The number of carbonyl (C=O) groups excluding carboxylic acids is 1. The van der Waals surface area contributed by atoms with Gasteiger partial charge in [-0.05, 0) is 41.2 Å². The highest BCUT2D eigenvalue weighted by molar-refractivity contribution is 5.72. The average molecular weight is 305 g/mol. The van der Waals surface area contributed by atoms with Gasteiger partial charge in [0.05, 0.1) is 25.6 Å². The van der Waals surface area contributed by atoms with E-state index in [1.807, 2.05) is 0 Å². The quantitative estimate of drug-likeness (QED) is 0.666. The van der Waals surface area contributed by atoms with Crippen molar-refractivity contribution >= 4 is 11.9 Å². The van der Waals surface area contributed by atoms with Gasteiger partial charge in [0.25, 0.3) is 0 Å². The molecule has 0 saturated heterocycles. The van der Waals surface area contributed by atoms with Crippen molar-refractivity contribution in [2.24, 2.45) is 0 Å². The van der Waals surface area contributed by atoms with Crippen LogP contribution in [0.15, 0.2) is 0 Å². The van der Waals surface area contributed by atoms with Gasteiger partial charge in [0.1, 0.15) is 0 Å². The van der Waals surface area contributed by atoms with Crippen LogP contribution in [-0.2, 0) is 14.3 Å². The first-order chi connectivity index (χ1) is 9.65. The van der Waals surface area contributed by atoms with Crippen LogP contribution in [0.4, 0.5) is 0 Å². The molecule has 2 N–H and O–H groups in total. The van der Waals surface area contributed by atoms with Crippen LogP contribution in [0.1, 0.15) is 54.4 Å². The van der Waals surface area contributed by atoms with E-state index in [9.17, 15) is 9.59 Å². The predicted octanol–water partition coefficient (Wildman–Crippen LogP) is 1.90. The maximum Gasteiger partial charge on any atom is 0.308 e. The summed E-state index contributed by atoms with van der Waals surface area (Å²) in [4.78, 5) is 23.2. The second kappa shape index (κ2) is 12.6. The van der Waals surface area contributed by atoms with Crippen molar-refractivity contribution in [1.29, 1.82) is 0 Å². The van der Waals surface area contributed by atoms with Crippen molar-refractivity contribution < 1.29 is 24.5 Å². The van der Waals surface area contributed by atoms with Crippen LogP contribution in [0.5, 0.6) is 0 Å². The number of aliphatic hydroxyl groups is 1. The smallest absolute Gasteiger partial charge is 0.308 e. The van der Waals surface area contributed by atoms with Crippen LogP contribution < -0.4 is 0 Å². The average Bonchev–Trinajstić information content (AvgIpc) is 2.27. The molecule has 0 saturated carbocycles. The first-order valence-corrected chi connectivity index (χ1v) is 7.46. The number of carboxylic acid groups (broad SMARTS) is 1. The Bertz CT molecular complexity index is 284. The SMILES string of the molecule is CCN(C(C)C)C(C)C.CCOC(=O)CC(O)CC(=O)O. The van der Waals surface area contributed by atoms with Gasteiger partial charge in [-0.3, -0.25) is 14.5 Å². The summed E-state index contributed by atoms with van der Waals surface area (Å²) in [5, 5.41) is 17.1. The van der Waals surface area contributed by atoms with Gasteiger partial charge in [-0.1, -0.05) is 6.92 Å². The van der Waals surface area contributed by atoms with Crippen LogP contribution in [0.2, 0.25) is 0 Å². The molecule has 0 fully saturated rings. The number of carboxylic acids is 1. The summed E-state index contributed by atoms with van der Waals surface area (Å²) in [5.74, 6) is -1.71. The monoisotopic (exact) mass is 305 g/mol. The van der Waals surface area contributed by atoms with E-state index < -0.39 is 24.5 Å². The first-order valence-electron chi connectivity index (χ1n) is 7.46. The first kappa shape index (κ1) is 22.1. The summed E-state index contributed by atoms with van der Waals surface area (Å²) in [5.41, 5.74) is 0. The molecule has 1 unspecified atom stereocenters. The summed E-state index contributed by atoms with van der Waals surface area (Å²) in [6.07, 6.45) is -1.85. The number of rotatable bonds is 8. The van der Waals surface area contributed by atoms with Crippen molar-refractivity contribution in [3.05, 3.63) is 0 Å². The Kier molecular flexibility index (Phi) is 13.3. The lowest BCUT2D eigenvalue weighted by atomic mass is 10.2. The minimum atomic E-state index is -1.15. The van der Waals surface area contributed by atoms with Gasteiger partial charge in [0.2, 0.25) is 0 Å². The Morgan fingerprint density at radius 1 is 1.05 bits per heavy atom. The van der Waals surface area contributed by atoms with E-state index >= 15 is 0 Å². The molecular weight excluding hydrogens is 274 g/mol. The number of aliphatic hydroxyl groups excluding tert-OH is 1. The molecule has 126 valence electrons. The van der Waals surface area contributed by atoms with E-state index in [1.165, 1.54) is 0 Å². The highest BCUT2D eigenvalue weighted by atomic mass is 16.5. The van der Waals surface area contributed by atoms with E-state index in [0.717, 1.165) is 6.54 Å². The number of carbonyl (C=O) groups is 2. The molecule has 0 rings (SSSR count). The van der Waals surface area contributed by atoms with Crippen LogP contribution in [0.3, 0.4) is 0 Å². The van der Waals surface area contributed by atoms with E-state index in [1.54, 1.807) is 6.92 Å². The molecule has 0 heterocycles. The number of hydrogen-bond donors (Lipinski definition) is 2. The van der Waals surface area contributed by atoms with E-state index in [2.05, 4.69) is 44.3 Å². The topological polar surface area (TPSA) is 87.1 Å². The van der Waals surface area contributed by atoms with Crippen LogP contribution >= 0.6 is 0 Å². The van der Waals surface area contributed by atoms with Crippen molar-refractivity contribution in [1.82, 2.24) is 4.90 Å². The Morgan fingerprint density at radius 3 is 1.76 bits per heavy atom. The highest BCUT2D eigenvalue weighted by Crippen LogP contribution is 2.02. The van der Waals surface area contributed by atoms with E-state index in [4.69, 9.17) is 10.2 Å². The zero-order valence-electron chi connectivity index (χ0n) is 14.1. The normalized spacial score (nSPS) is 12.1. The lowest BCUT2D eigenvalue weighted by Crippen LogP contribution is -2.36. The minimum Gasteiger partial charge on any atom is -0.481 e. The Balaban J connectivity index is 0. The lowest BCUT2D eigenvalue weighted by Gasteiger charge is -2.28. The number of ether oxygens (including phenoxy) is 1. The summed E-state index contributed by atoms with van der Waals surface area (Å²) in [6.45, 7) is 14.2. The van der Waals surface area contributed by atoms with Gasteiger partial charge in [-0.25, -0.2) is 0 Å². The molecule has 0 spiro atoms. The van der Waals surface area contributed by atoms with Gasteiger partial charge >= 0.3 is 11.9 Å². The second-order valence-electron chi connectivity index (χ2n) is 5.28. The van der Waals surface area contributed by atoms with Gasteiger partial charge in [-0.15, -0.1) is 0 Å². The van der Waals surface area contributed by atoms with Gasteiger partial charge in [-0.2, -0.15) is 0 Å². The van der Waals surface area contributed by atoms with E-state index in [-0.39, 0.29) is 13.0 Å². The standard InChI is InChI=1S/C8H19N.C7H12O5/c1-6-9(7(2)3)8(4)5;1-2-12-7(11)4-5(8)3-6(9)10/h7-8H,6H2,1-5H3;5,8H,2-4H2,1H3,(H,9,10). The Labute approximate surface area is 128 Å². The number of hydrogen-bond acceptors (Lipinski definition) is 5. The molecule has 0 amide bonds. The lowest BCUT2D eigenvalue weighted by molar-refractivity contribution is -0.146. The maximum atomic E-state index is 10.7. The molecule has 0 aromatic heterocycles. The Hall–Kier alpha value is -1.14.